The van der Waals surface area contributed by atoms with Crippen LogP contribution in [0.4, 0.5) is 10.1 Å². The molecular weight excluding hydrogens is 273 g/mol. The molecule has 0 aliphatic heterocycles. The van der Waals surface area contributed by atoms with Crippen molar-refractivity contribution in [2.45, 2.75) is 12.5 Å². The lowest BCUT2D eigenvalue weighted by Gasteiger charge is -2.28. The highest BCUT2D eigenvalue weighted by Gasteiger charge is 2.35. The lowest BCUT2D eigenvalue weighted by atomic mass is 9.95. The van der Waals surface area contributed by atoms with Crippen molar-refractivity contribution in [1.29, 1.82) is 0 Å². The number of pyridine rings is 1. The monoisotopic (exact) mass is 289 g/mol. The molecule has 0 aliphatic rings. The smallest absolute Gasteiger partial charge is 0.249 e. The van der Waals surface area contributed by atoms with Crippen molar-refractivity contribution in [2.75, 3.05) is 12.4 Å². The van der Waals surface area contributed by atoms with Gasteiger partial charge in [0, 0.05) is 0 Å². The second-order valence-corrected chi connectivity index (χ2v) is 4.68. The Kier molecular flexibility index (Phi) is 4.07. The molecule has 2 rings (SSSR count). The summed E-state index contributed by atoms with van der Waals surface area (Å²) in [6.07, 6.45) is 1.04. The molecule has 0 saturated carbocycles. The summed E-state index contributed by atoms with van der Waals surface area (Å²) >= 11 is 0. The molecule has 21 heavy (non-hydrogen) atoms. The van der Waals surface area contributed by atoms with E-state index in [-0.39, 0.29) is 0 Å². The number of carbonyl (C=O) groups is 1. The summed E-state index contributed by atoms with van der Waals surface area (Å²) in [5.74, 6) is -0.553. The highest BCUT2D eigenvalue weighted by atomic mass is 19.1. The van der Waals surface area contributed by atoms with Crippen LogP contribution in [0.25, 0.3) is 0 Å². The fraction of sp³-hybridized carbons (Fsp3) is 0.200. The van der Waals surface area contributed by atoms with Gasteiger partial charge in [0.2, 0.25) is 5.91 Å². The molecule has 0 spiro atoms. The van der Waals surface area contributed by atoms with Crippen molar-refractivity contribution in [1.82, 2.24) is 4.98 Å². The number of amides is 1. The number of methoxy groups -OCH3 is 1. The number of aromatic nitrogens is 1. The summed E-state index contributed by atoms with van der Waals surface area (Å²) in [5, 5.41) is 3.03. The minimum absolute atomic E-state index is 0.322. The normalized spacial score (nSPS) is 13.3. The Morgan fingerprint density at radius 3 is 2.62 bits per heavy atom. The maximum Gasteiger partial charge on any atom is 0.249 e. The molecule has 1 aromatic carbocycles. The van der Waals surface area contributed by atoms with E-state index in [1.165, 1.54) is 19.2 Å². The van der Waals surface area contributed by atoms with Crippen LogP contribution >= 0.6 is 0 Å². The molecule has 1 amide bonds. The Balaban J connectivity index is 2.43. The third-order valence-corrected chi connectivity index (χ3v) is 3.22. The summed E-state index contributed by atoms with van der Waals surface area (Å²) in [5.41, 5.74) is 5.13. The number of para-hydroxylation sites is 2. The number of nitrogens with one attached hydrogen (secondary N) is 1. The van der Waals surface area contributed by atoms with E-state index >= 15 is 0 Å². The van der Waals surface area contributed by atoms with Gasteiger partial charge in [-0.3, -0.25) is 9.78 Å². The van der Waals surface area contributed by atoms with E-state index in [0.29, 0.717) is 17.1 Å². The van der Waals surface area contributed by atoms with Crippen molar-refractivity contribution in [3.05, 3.63) is 54.1 Å². The number of halogens is 1. The molecule has 0 radical (unpaired) electrons. The van der Waals surface area contributed by atoms with Crippen LogP contribution < -0.4 is 15.8 Å². The van der Waals surface area contributed by atoms with E-state index in [0.717, 1.165) is 6.20 Å². The molecule has 1 unspecified atom stereocenters. The van der Waals surface area contributed by atoms with Crippen molar-refractivity contribution in [2.24, 2.45) is 5.73 Å². The first-order chi connectivity index (χ1) is 9.97. The largest absolute Gasteiger partial charge is 0.495 e. The van der Waals surface area contributed by atoms with Gasteiger partial charge < -0.3 is 15.8 Å². The predicted molar refractivity (Wildman–Crippen MR) is 77.4 cm³/mol. The molecular formula is C15H16FN3O2. The molecule has 1 aromatic heterocycles. The van der Waals surface area contributed by atoms with E-state index in [1.807, 2.05) is 6.07 Å². The van der Waals surface area contributed by atoms with Gasteiger partial charge in [0.1, 0.15) is 11.6 Å². The first-order valence-electron chi connectivity index (χ1n) is 6.30. The minimum Gasteiger partial charge on any atom is -0.495 e. The Bertz CT molecular complexity index is 646. The van der Waals surface area contributed by atoms with E-state index in [2.05, 4.69) is 10.3 Å². The van der Waals surface area contributed by atoms with E-state index in [4.69, 9.17) is 10.5 Å². The number of nitrogens with zero attached hydrogens (tertiary/aromatic N) is 1. The number of hydrogen-bond donors (Lipinski definition) is 2. The SMILES string of the molecule is COc1ccccc1NC(C)(C(N)=O)c1ccc(F)cn1. The van der Waals surface area contributed by atoms with Crippen LogP contribution in [-0.4, -0.2) is 18.0 Å². The van der Waals surface area contributed by atoms with E-state index < -0.39 is 17.3 Å². The summed E-state index contributed by atoms with van der Waals surface area (Å²) in [6.45, 7) is 1.59. The quantitative estimate of drug-likeness (QED) is 0.883. The van der Waals surface area contributed by atoms with Crippen LogP contribution in [0.1, 0.15) is 12.6 Å². The number of anilines is 1. The Labute approximate surface area is 121 Å². The summed E-state index contributed by atoms with van der Waals surface area (Å²) in [4.78, 5) is 15.8. The zero-order valence-corrected chi connectivity index (χ0v) is 11.8. The van der Waals surface area contributed by atoms with Crippen LogP contribution in [0.15, 0.2) is 42.6 Å². The molecule has 0 bridgehead atoms. The molecule has 0 aliphatic carbocycles. The van der Waals surface area contributed by atoms with E-state index in [9.17, 15) is 9.18 Å². The van der Waals surface area contributed by atoms with Crippen molar-refractivity contribution < 1.29 is 13.9 Å². The van der Waals surface area contributed by atoms with Gasteiger partial charge in [0.15, 0.2) is 5.54 Å². The maximum absolute atomic E-state index is 13.0. The molecule has 0 fully saturated rings. The third kappa shape index (κ3) is 2.94. The average Bonchev–Trinajstić information content (AvgIpc) is 2.48. The molecule has 1 heterocycles. The maximum atomic E-state index is 13.0. The van der Waals surface area contributed by atoms with Crippen molar-refractivity contribution >= 4 is 11.6 Å². The number of benzene rings is 1. The van der Waals surface area contributed by atoms with Gasteiger partial charge in [-0.2, -0.15) is 0 Å². The highest BCUT2D eigenvalue weighted by Crippen LogP contribution is 2.30. The highest BCUT2D eigenvalue weighted by molar-refractivity contribution is 5.88. The number of ether oxygens (including phenoxy) is 1. The van der Waals surface area contributed by atoms with Gasteiger partial charge in [-0.1, -0.05) is 12.1 Å². The third-order valence-electron chi connectivity index (χ3n) is 3.22. The molecule has 3 N–H and O–H groups in total. The average molecular weight is 289 g/mol. The van der Waals surface area contributed by atoms with Gasteiger partial charge >= 0.3 is 0 Å². The fourth-order valence-corrected chi connectivity index (χ4v) is 1.94. The first-order valence-corrected chi connectivity index (χ1v) is 6.30. The standard InChI is InChI=1S/C15H16FN3O2/c1-15(14(17)20,13-8-7-10(16)9-18-13)19-11-5-3-4-6-12(11)21-2/h3-9,19H,1-2H3,(H2,17,20). The number of carbonyl (C=O) groups excluding carboxylic acids is 1. The van der Waals surface area contributed by atoms with Crippen LogP contribution in [0.2, 0.25) is 0 Å². The number of hydrogen-bond acceptors (Lipinski definition) is 4. The van der Waals surface area contributed by atoms with Gasteiger partial charge in [-0.25, -0.2) is 4.39 Å². The van der Waals surface area contributed by atoms with Crippen LogP contribution in [0.3, 0.4) is 0 Å². The van der Waals surface area contributed by atoms with Crippen LogP contribution in [0, 0.1) is 5.82 Å². The van der Waals surface area contributed by atoms with Gasteiger partial charge in [-0.15, -0.1) is 0 Å². The number of nitrogens with two attached hydrogens (primary N) is 1. The molecule has 110 valence electrons. The molecule has 0 saturated heterocycles. The van der Waals surface area contributed by atoms with Gasteiger partial charge in [0.25, 0.3) is 0 Å². The molecule has 6 heteroatoms. The number of rotatable bonds is 5. The predicted octanol–water partition coefficient (Wildman–Crippen LogP) is 2.04. The Morgan fingerprint density at radius 2 is 2.05 bits per heavy atom. The Hall–Kier alpha value is -2.63. The fourth-order valence-electron chi connectivity index (χ4n) is 1.94. The summed E-state index contributed by atoms with van der Waals surface area (Å²) in [6, 6.07) is 9.76. The van der Waals surface area contributed by atoms with Crippen LogP contribution in [-0.2, 0) is 10.3 Å². The molecule has 2 aromatic rings. The topological polar surface area (TPSA) is 77.2 Å². The first kappa shape index (κ1) is 14.8. The zero-order chi connectivity index (χ0) is 15.5. The molecule has 5 nitrogen and oxygen atoms in total. The number of primary amides is 1. The van der Waals surface area contributed by atoms with Crippen molar-refractivity contribution in [3.8, 4) is 5.75 Å². The second-order valence-electron chi connectivity index (χ2n) is 4.68. The lowest BCUT2D eigenvalue weighted by molar-refractivity contribution is -0.122. The zero-order valence-electron chi connectivity index (χ0n) is 11.8. The van der Waals surface area contributed by atoms with E-state index in [1.54, 1.807) is 25.1 Å². The van der Waals surface area contributed by atoms with Crippen molar-refractivity contribution in [3.63, 3.8) is 0 Å². The van der Waals surface area contributed by atoms with Gasteiger partial charge in [-0.05, 0) is 31.2 Å². The van der Waals surface area contributed by atoms with Crippen LogP contribution in [0.5, 0.6) is 5.75 Å². The Morgan fingerprint density at radius 1 is 1.33 bits per heavy atom. The lowest BCUT2D eigenvalue weighted by Crippen LogP contribution is -2.45. The minimum atomic E-state index is -1.29. The molecule has 1 atom stereocenters. The second kappa shape index (κ2) is 5.78. The van der Waals surface area contributed by atoms with Gasteiger partial charge in [0.05, 0.1) is 24.7 Å². The summed E-state index contributed by atoms with van der Waals surface area (Å²) < 4.78 is 18.2. The summed E-state index contributed by atoms with van der Waals surface area (Å²) in [7, 11) is 1.53.